The van der Waals surface area contributed by atoms with Crippen LogP contribution in [0.15, 0.2) is 36.0 Å². The van der Waals surface area contributed by atoms with Gasteiger partial charge in [-0.1, -0.05) is 24.6 Å². The fourth-order valence-corrected chi connectivity index (χ4v) is 3.24. The molecule has 5 heteroatoms. The zero-order valence-corrected chi connectivity index (χ0v) is 14.3. The second-order valence-corrected chi connectivity index (χ2v) is 6.64. The molecule has 1 aliphatic heterocycles. The SMILES string of the molecule is O=C(NNC1=CCCCCC1)c1ccc(C[NH+]2CCOCC2)cc1. The number of ether oxygens (including phenoxy) is 1. The normalized spacial score (nSPS) is 19.2. The lowest BCUT2D eigenvalue weighted by Gasteiger charge is -2.23. The molecule has 1 heterocycles. The Morgan fingerprint density at radius 3 is 2.67 bits per heavy atom. The molecule has 3 N–H and O–H groups in total. The highest BCUT2D eigenvalue weighted by atomic mass is 16.5. The average Bonchev–Trinajstić information content (AvgIpc) is 2.90. The molecule has 1 amide bonds. The lowest BCUT2D eigenvalue weighted by Crippen LogP contribution is -3.12. The molecule has 0 atom stereocenters. The van der Waals surface area contributed by atoms with E-state index in [0.29, 0.717) is 5.56 Å². The van der Waals surface area contributed by atoms with Crippen LogP contribution in [0.25, 0.3) is 0 Å². The van der Waals surface area contributed by atoms with Crippen molar-refractivity contribution in [1.82, 2.24) is 10.9 Å². The van der Waals surface area contributed by atoms with Crippen molar-refractivity contribution in [1.29, 1.82) is 0 Å². The number of quaternary nitrogens is 1. The van der Waals surface area contributed by atoms with Crippen LogP contribution in [0.4, 0.5) is 0 Å². The molecule has 1 aromatic carbocycles. The predicted molar refractivity (Wildman–Crippen MR) is 93.4 cm³/mol. The minimum atomic E-state index is -0.0783. The van der Waals surface area contributed by atoms with Crippen molar-refractivity contribution >= 4 is 5.91 Å². The summed E-state index contributed by atoms with van der Waals surface area (Å²) in [4.78, 5) is 13.8. The number of hydrogen-bond acceptors (Lipinski definition) is 3. The first-order valence-corrected chi connectivity index (χ1v) is 9.07. The van der Waals surface area contributed by atoms with Crippen LogP contribution in [0.5, 0.6) is 0 Å². The van der Waals surface area contributed by atoms with Gasteiger partial charge < -0.3 is 15.1 Å². The quantitative estimate of drug-likeness (QED) is 0.711. The van der Waals surface area contributed by atoms with Crippen molar-refractivity contribution in [2.24, 2.45) is 0 Å². The van der Waals surface area contributed by atoms with E-state index in [1.54, 1.807) is 4.90 Å². The number of amides is 1. The van der Waals surface area contributed by atoms with Gasteiger partial charge in [0.15, 0.2) is 0 Å². The number of morpholine rings is 1. The van der Waals surface area contributed by atoms with Gasteiger partial charge in [-0.3, -0.25) is 10.2 Å². The summed E-state index contributed by atoms with van der Waals surface area (Å²) in [6.07, 6.45) is 8.00. The van der Waals surface area contributed by atoms with E-state index in [-0.39, 0.29) is 5.91 Å². The van der Waals surface area contributed by atoms with E-state index >= 15 is 0 Å². The van der Waals surface area contributed by atoms with Crippen molar-refractivity contribution in [2.45, 2.75) is 38.6 Å². The van der Waals surface area contributed by atoms with Gasteiger partial charge in [0.05, 0.1) is 13.2 Å². The second-order valence-electron chi connectivity index (χ2n) is 6.64. The van der Waals surface area contributed by atoms with Crippen LogP contribution in [-0.2, 0) is 11.3 Å². The number of allylic oxidation sites excluding steroid dienone is 2. The largest absolute Gasteiger partial charge is 0.370 e. The zero-order chi connectivity index (χ0) is 16.6. The van der Waals surface area contributed by atoms with Crippen molar-refractivity contribution in [2.75, 3.05) is 26.3 Å². The standard InChI is InChI=1S/C19H27N3O2/c23-19(21-20-18-5-3-1-2-4-6-18)17-9-7-16(8-10-17)15-22-11-13-24-14-12-22/h5,7-10,20H,1-4,6,11-15H2,(H,21,23)/p+1. The van der Waals surface area contributed by atoms with Gasteiger partial charge in [0.25, 0.3) is 5.91 Å². The molecule has 130 valence electrons. The minimum Gasteiger partial charge on any atom is -0.370 e. The third-order valence-electron chi connectivity index (χ3n) is 4.75. The molecule has 1 fully saturated rings. The fourth-order valence-electron chi connectivity index (χ4n) is 3.24. The third kappa shape index (κ3) is 5.08. The molecular formula is C19H28N3O2+. The van der Waals surface area contributed by atoms with Gasteiger partial charge in [-0.2, -0.15) is 0 Å². The maximum Gasteiger partial charge on any atom is 0.269 e. The highest BCUT2D eigenvalue weighted by Gasteiger charge is 2.14. The molecule has 0 spiro atoms. The van der Waals surface area contributed by atoms with Gasteiger partial charge in [0, 0.05) is 16.8 Å². The van der Waals surface area contributed by atoms with Crippen LogP contribution < -0.4 is 15.8 Å². The Kier molecular flexibility index (Phi) is 6.26. The van der Waals surface area contributed by atoms with Gasteiger partial charge in [0.1, 0.15) is 19.6 Å². The van der Waals surface area contributed by atoms with Crippen molar-refractivity contribution in [3.05, 3.63) is 47.2 Å². The lowest BCUT2D eigenvalue weighted by atomic mass is 10.1. The summed E-state index contributed by atoms with van der Waals surface area (Å²) in [5.41, 5.74) is 8.99. The summed E-state index contributed by atoms with van der Waals surface area (Å²) in [7, 11) is 0. The number of carbonyl (C=O) groups is 1. The maximum atomic E-state index is 12.3. The molecule has 0 radical (unpaired) electrons. The Bertz CT molecular complexity index is 562. The van der Waals surface area contributed by atoms with Crippen molar-refractivity contribution in [3.8, 4) is 0 Å². The summed E-state index contributed by atoms with van der Waals surface area (Å²) >= 11 is 0. The van der Waals surface area contributed by atoms with Gasteiger partial charge in [-0.25, -0.2) is 0 Å². The molecule has 3 rings (SSSR count). The van der Waals surface area contributed by atoms with E-state index in [1.807, 2.05) is 12.1 Å². The Morgan fingerprint density at radius 1 is 1.08 bits per heavy atom. The number of hydrazine groups is 1. The number of nitrogens with one attached hydrogen (secondary N) is 3. The summed E-state index contributed by atoms with van der Waals surface area (Å²) < 4.78 is 5.39. The van der Waals surface area contributed by atoms with Crippen LogP contribution in [-0.4, -0.2) is 32.2 Å². The number of benzene rings is 1. The lowest BCUT2D eigenvalue weighted by molar-refractivity contribution is -0.921. The maximum absolute atomic E-state index is 12.3. The molecule has 0 unspecified atom stereocenters. The topological polar surface area (TPSA) is 54.8 Å². The number of hydrogen-bond donors (Lipinski definition) is 3. The highest BCUT2D eigenvalue weighted by Crippen LogP contribution is 2.14. The third-order valence-corrected chi connectivity index (χ3v) is 4.75. The molecule has 2 aliphatic rings. The number of carbonyl (C=O) groups excluding carboxylic acids is 1. The van der Waals surface area contributed by atoms with E-state index in [1.165, 1.54) is 24.8 Å². The minimum absolute atomic E-state index is 0.0783. The monoisotopic (exact) mass is 330 g/mol. The molecular weight excluding hydrogens is 302 g/mol. The zero-order valence-electron chi connectivity index (χ0n) is 14.3. The summed E-state index contributed by atoms with van der Waals surface area (Å²) in [6, 6.07) is 7.94. The Morgan fingerprint density at radius 2 is 1.88 bits per heavy atom. The van der Waals surface area contributed by atoms with Gasteiger partial charge >= 0.3 is 0 Å². The van der Waals surface area contributed by atoms with Gasteiger partial charge in [-0.05, 0) is 37.8 Å². The summed E-state index contributed by atoms with van der Waals surface area (Å²) in [6.45, 7) is 4.80. The Balaban J connectivity index is 1.48. The molecule has 1 aliphatic carbocycles. The molecule has 0 bridgehead atoms. The second kappa shape index (κ2) is 8.85. The van der Waals surface area contributed by atoms with E-state index < -0.39 is 0 Å². The average molecular weight is 330 g/mol. The molecule has 24 heavy (non-hydrogen) atoms. The molecule has 5 nitrogen and oxygen atoms in total. The van der Waals surface area contributed by atoms with Crippen LogP contribution in [0.1, 0.15) is 48.0 Å². The fraction of sp³-hybridized carbons (Fsp3) is 0.526. The molecule has 0 aromatic heterocycles. The van der Waals surface area contributed by atoms with Crippen LogP contribution >= 0.6 is 0 Å². The summed E-state index contributed by atoms with van der Waals surface area (Å²) in [5.74, 6) is -0.0783. The Hall–Kier alpha value is -1.85. The number of rotatable bonds is 5. The molecule has 1 saturated heterocycles. The first-order chi connectivity index (χ1) is 11.8. The van der Waals surface area contributed by atoms with Crippen LogP contribution in [0.2, 0.25) is 0 Å². The first-order valence-electron chi connectivity index (χ1n) is 9.07. The van der Waals surface area contributed by atoms with E-state index in [9.17, 15) is 4.79 Å². The van der Waals surface area contributed by atoms with Crippen molar-refractivity contribution < 1.29 is 14.4 Å². The Labute approximate surface area is 144 Å². The van der Waals surface area contributed by atoms with Gasteiger partial charge in [-0.15, -0.1) is 0 Å². The highest BCUT2D eigenvalue weighted by molar-refractivity contribution is 5.93. The van der Waals surface area contributed by atoms with E-state index in [4.69, 9.17) is 4.74 Å². The molecule has 0 saturated carbocycles. The molecule has 1 aromatic rings. The first kappa shape index (κ1) is 17.0. The smallest absolute Gasteiger partial charge is 0.269 e. The summed E-state index contributed by atoms with van der Waals surface area (Å²) in [5, 5.41) is 0. The van der Waals surface area contributed by atoms with Crippen molar-refractivity contribution in [3.63, 3.8) is 0 Å². The van der Waals surface area contributed by atoms with Crippen LogP contribution in [0, 0.1) is 0 Å². The van der Waals surface area contributed by atoms with Crippen LogP contribution in [0.3, 0.4) is 0 Å². The van der Waals surface area contributed by atoms with E-state index in [0.717, 1.165) is 51.4 Å². The van der Waals surface area contributed by atoms with E-state index in [2.05, 4.69) is 29.1 Å². The van der Waals surface area contributed by atoms with Gasteiger partial charge in [0.2, 0.25) is 0 Å². The predicted octanol–water partition coefficient (Wildman–Crippen LogP) is 1.18.